The Morgan fingerprint density at radius 2 is 1.07 bits per heavy atom. The number of carbonyl (C=O) groups excluding carboxylic acids is 2. The molecule has 2 amide bonds. The largest absolute Gasteiger partial charge is 0.351 e. The second-order valence-corrected chi connectivity index (χ2v) is 11.2. The molecule has 0 fully saturated rings. The van der Waals surface area contributed by atoms with Gasteiger partial charge in [0.1, 0.15) is 11.6 Å². The summed E-state index contributed by atoms with van der Waals surface area (Å²) >= 11 is 0. The summed E-state index contributed by atoms with van der Waals surface area (Å²) in [6.45, 7) is 2.68. The molecule has 2 aromatic heterocycles. The average Bonchev–Trinajstić information content (AvgIpc) is 3.68. The number of rotatable bonds is 11. The van der Waals surface area contributed by atoms with Crippen LogP contribution in [0.4, 0.5) is 0 Å². The van der Waals surface area contributed by atoms with Crippen molar-refractivity contribution in [2.45, 2.75) is 0 Å². The third kappa shape index (κ3) is 6.77. The molecule has 4 aromatic carbocycles. The molecule has 10 nitrogen and oxygen atoms in total. The zero-order valence-corrected chi connectivity index (χ0v) is 25.6. The Balaban J connectivity index is 1.17. The highest BCUT2D eigenvalue weighted by atomic mass is 16.2. The number of aromatic nitrogens is 4. The minimum absolute atomic E-state index is 0.0862. The van der Waals surface area contributed by atoms with E-state index in [-0.39, 0.29) is 11.8 Å². The van der Waals surface area contributed by atoms with Gasteiger partial charge in [0.15, 0.2) is 0 Å². The molecule has 228 valence electrons. The molecule has 0 aliphatic heterocycles. The monoisotopic (exact) mass is 600 g/mol. The lowest BCUT2D eigenvalue weighted by Crippen LogP contribution is -2.31. The number of likely N-dealkylation sites (N-methyl/N-ethyl adjacent to an activating group) is 2. The number of H-pyrrole nitrogens is 2. The highest BCUT2D eigenvalue weighted by Gasteiger charge is 2.12. The summed E-state index contributed by atoms with van der Waals surface area (Å²) in [6.07, 6.45) is 0. The van der Waals surface area contributed by atoms with Crippen molar-refractivity contribution in [1.29, 1.82) is 0 Å². The number of imidazole rings is 2. The van der Waals surface area contributed by atoms with E-state index in [1.54, 1.807) is 0 Å². The Morgan fingerprint density at radius 1 is 0.622 bits per heavy atom. The first-order valence-corrected chi connectivity index (χ1v) is 14.9. The van der Waals surface area contributed by atoms with Crippen LogP contribution < -0.4 is 16.0 Å². The lowest BCUT2D eigenvalue weighted by molar-refractivity contribution is 0.0944. The topological polar surface area (TPSA) is 131 Å². The van der Waals surface area contributed by atoms with Crippen molar-refractivity contribution in [3.63, 3.8) is 0 Å². The van der Waals surface area contributed by atoms with Gasteiger partial charge in [0.25, 0.3) is 11.8 Å². The molecule has 0 spiro atoms. The number of carbonyl (C=O) groups is 2. The van der Waals surface area contributed by atoms with Gasteiger partial charge in [0.2, 0.25) is 0 Å². The predicted molar refractivity (Wildman–Crippen MR) is 179 cm³/mol. The van der Waals surface area contributed by atoms with E-state index in [0.717, 1.165) is 69.1 Å². The van der Waals surface area contributed by atoms with Gasteiger partial charge >= 0.3 is 0 Å². The lowest BCUT2D eigenvalue weighted by atomic mass is 10.0. The summed E-state index contributed by atoms with van der Waals surface area (Å²) < 4.78 is 0. The van der Waals surface area contributed by atoms with E-state index >= 15 is 0 Å². The molecule has 10 heteroatoms. The van der Waals surface area contributed by atoms with Gasteiger partial charge in [0.05, 0.1) is 22.1 Å². The van der Waals surface area contributed by atoms with E-state index in [4.69, 9.17) is 9.97 Å². The maximum Gasteiger partial charge on any atom is 0.251 e. The Kier molecular flexibility index (Phi) is 8.68. The van der Waals surface area contributed by atoms with E-state index in [0.29, 0.717) is 24.2 Å². The van der Waals surface area contributed by atoms with Crippen molar-refractivity contribution in [3.8, 4) is 33.9 Å². The van der Waals surface area contributed by atoms with Crippen molar-refractivity contribution in [2.24, 2.45) is 0 Å². The third-order valence-electron chi connectivity index (χ3n) is 7.65. The van der Waals surface area contributed by atoms with E-state index in [1.807, 2.05) is 86.7 Å². The minimum Gasteiger partial charge on any atom is -0.351 e. The number of aromatic amines is 2. The molecule has 0 bridgehead atoms. The van der Waals surface area contributed by atoms with Crippen molar-refractivity contribution < 1.29 is 9.59 Å². The average molecular weight is 601 g/mol. The number of amides is 2. The maximum atomic E-state index is 12.4. The molecule has 45 heavy (non-hydrogen) atoms. The molecule has 5 N–H and O–H groups in total. The van der Waals surface area contributed by atoms with Crippen LogP contribution in [0.15, 0.2) is 84.9 Å². The predicted octanol–water partition coefficient (Wildman–Crippen LogP) is 4.68. The van der Waals surface area contributed by atoms with Crippen LogP contribution in [-0.2, 0) is 0 Å². The Bertz CT molecular complexity index is 1960. The number of hydrogen-bond acceptors (Lipinski definition) is 6. The number of fused-ring (bicyclic) bond motifs is 2. The van der Waals surface area contributed by atoms with Gasteiger partial charge in [-0.3, -0.25) is 9.59 Å². The minimum atomic E-state index is -0.0966. The highest BCUT2D eigenvalue weighted by Crippen LogP contribution is 2.29. The van der Waals surface area contributed by atoms with Gasteiger partial charge in [-0.1, -0.05) is 36.4 Å². The van der Waals surface area contributed by atoms with Crippen molar-refractivity contribution in [1.82, 2.24) is 40.8 Å². The molecule has 2 heterocycles. The van der Waals surface area contributed by atoms with Crippen LogP contribution >= 0.6 is 0 Å². The van der Waals surface area contributed by atoms with Crippen LogP contribution in [0.1, 0.15) is 20.7 Å². The van der Waals surface area contributed by atoms with E-state index in [2.05, 4.69) is 50.2 Å². The molecule has 0 radical (unpaired) electrons. The maximum absolute atomic E-state index is 12.4. The summed E-state index contributed by atoms with van der Waals surface area (Å²) in [7, 11) is 5.80. The van der Waals surface area contributed by atoms with Crippen LogP contribution in [0, 0.1) is 0 Å². The molecule has 6 rings (SSSR count). The molecule has 0 atom stereocenters. The van der Waals surface area contributed by atoms with Crippen LogP contribution in [0.2, 0.25) is 0 Å². The Labute approximate surface area is 261 Å². The van der Waals surface area contributed by atoms with Crippen molar-refractivity contribution in [3.05, 3.63) is 96.1 Å². The number of hydrogen-bond donors (Lipinski definition) is 5. The molecule has 0 saturated carbocycles. The second kappa shape index (κ2) is 13.1. The summed E-state index contributed by atoms with van der Waals surface area (Å²) in [5.41, 5.74) is 8.68. The van der Waals surface area contributed by atoms with E-state index in [9.17, 15) is 9.59 Å². The first-order valence-electron chi connectivity index (χ1n) is 14.9. The molecule has 0 saturated heterocycles. The first-order chi connectivity index (χ1) is 21.9. The van der Waals surface area contributed by atoms with Gasteiger partial charge in [-0.05, 0) is 80.8 Å². The summed E-state index contributed by atoms with van der Waals surface area (Å²) in [4.78, 5) is 43.3. The smallest absolute Gasteiger partial charge is 0.251 e. The zero-order valence-electron chi connectivity index (χ0n) is 25.6. The third-order valence-corrected chi connectivity index (χ3v) is 7.65. The summed E-state index contributed by atoms with van der Waals surface area (Å²) in [5.74, 6) is 1.31. The fourth-order valence-electron chi connectivity index (χ4n) is 5.10. The first kappa shape index (κ1) is 29.7. The Morgan fingerprint density at radius 3 is 1.51 bits per heavy atom. The van der Waals surface area contributed by atoms with Crippen LogP contribution in [0.5, 0.6) is 0 Å². The number of nitrogens with one attached hydrogen (secondary N) is 5. The van der Waals surface area contributed by atoms with Gasteiger partial charge in [-0.15, -0.1) is 0 Å². The van der Waals surface area contributed by atoms with Crippen LogP contribution in [0.25, 0.3) is 56.0 Å². The Hall–Kier alpha value is -5.32. The van der Waals surface area contributed by atoms with Crippen molar-refractivity contribution >= 4 is 33.9 Å². The molecule has 0 aliphatic carbocycles. The quantitative estimate of drug-likeness (QED) is 0.137. The summed E-state index contributed by atoms with van der Waals surface area (Å²) in [5, 5.41) is 8.85. The van der Waals surface area contributed by atoms with E-state index in [1.165, 1.54) is 0 Å². The molecular weight excluding hydrogens is 564 g/mol. The zero-order chi connectivity index (χ0) is 31.3. The van der Waals surface area contributed by atoms with E-state index < -0.39 is 0 Å². The van der Waals surface area contributed by atoms with Gasteiger partial charge in [-0.25, -0.2) is 9.97 Å². The SMILES string of the molecule is CNCCNC(=O)c1ccc(-c2nc3cc(-c4ccc5[nH]c(-c6ccc(C(=O)NCCN(C)C)cc6)nc5c4)ccc3[nH]2)cc1. The lowest BCUT2D eigenvalue weighted by Gasteiger charge is -2.10. The fraction of sp³-hybridized carbons (Fsp3) is 0.200. The molecule has 0 aliphatic rings. The summed E-state index contributed by atoms with van der Waals surface area (Å²) in [6, 6.07) is 27.2. The molecular formula is C35H36N8O2. The normalized spacial score (nSPS) is 11.4. The van der Waals surface area contributed by atoms with Crippen LogP contribution in [-0.4, -0.2) is 84.0 Å². The highest BCUT2D eigenvalue weighted by molar-refractivity contribution is 5.95. The fourth-order valence-corrected chi connectivity index (χ4v) is 5.10. The van der Waals surface area contributed by atoms with Crippen LogP contribution in [0.3, 0.4) is 0 Å². The number of benzene rings is 4. The second-order valence-electron chi connectivity index (χ2n) is 11.2. The van der Waals surface area contributed by atoms with Gasteiger partial charge in [0, 0.05) is 48.4 Å². The molecule has 6 aromatic rings. The number of nitrogens with zero attached hydrogens (tertiary/aromatic N) is 3. The van der Waals surface area contributed by atoms with Crippen molar-refractivity contribution in [2.75, 3.05) is 47.3 Å². The van der Waals surface area contributed by atoms with Gasteiger partial charge in [-0.2, -0.15) is 0 Å². The standard InChI is InChI=1S/C35H36N8O2/c1-36-16-17-37-34(44)24-8-4-22(5-9-24)32-39-28-14-12-26(20-30(28)41-32)27-13-15-29-31(21-27)42-33(40-29)23-6-10-25(11-7-23)35(45)38-18-19-43(2)3/h4-15,20-21,36H,16-19H2,1-3H3,(H,37,44)(H,38,45)(H,39,41)(H,40,42). The molecule has 0 unspecified atom stereocenters. The van der Waals surface area contributed by atoms with Gasteiger partial charge < -0.3 is 30.8 Å².